The Hall–Kier alpha value is -1.66. The van der Waals surface area contributed by atoms with Crippen LogP contribution in [0.5, 0.6) is 0 Å². The smallest absolute Gasteiger partial charge is 0.272 e. The number of nitro groups is 1. The third-order valence-corrected chi connectivity index (χ3v) is 5.57. The van der Waals surface area contributed by atoms with Crippen LogP contribution in [0.25, 0.3) is 0 Å². The summed E-state index contributed by atoms with van der Waals surface area (Å²) in [7, 11) is 0. The highest BCUT2D eigenvalue weighted by atomic mass is 35.5. The van der Waals surface area contributed by atoms with Gasteiger partial charge < -0.3 is 11.1 Å². The number of aryl methyl sites for hydroxylation is 1. The molecule has 3 N–H and O–H groups in total. The Morgan fingerprint density at radius 1 is 1.38 bits per heavy atom. The molecule has 24 heavy (non-hydrogen) atoms. The van der Waals surface area contributed by atoms with Gasteiger partial charge in [-0.1, -0.05) is 12.1 Å². The van der Waals surface area contributed by atoms with Crippen molar-refractivity contribution >= 4 is 24.0 Å². The summed E-state index contributed by atoms with van der Waals surface area (Å²) >= 11 is 0. The third kappa shape index (κ3) is 3.26. The predicted octanol–water partition coefficient (Wildman–Crippen LogP) is 2.88. The van der Waals surface area contributed by atoms with Crippen LogP contribution in [0.4, 0.5) is 5.69 Å². The molecule has 2 saturated carbocycles. The maximum atomic E-state index is 12.6. The number of fused-ring (bicyclic) bond motifs is 2. The summed E-state index contributed by atoms with van der Waals surface area (Å²) in [6.07, 6.45) is 3.28. The summed E-state index contributed by atoms with van der Waals surface area (Å²) < 4.78 is 0. The average Bonchev–Trinajstić information content (AvgIpc) is 3.07. The number of hydrogen-bond acceptors (Lipinski definition) is 4. The highest BCUT2D eigenvalue weighted by molar-refractivity contribution is 5.85. The van der Waals surface area contributed by atoms with Crippen LogP contribution in [0.1, 0.15) is 43.4 Å². The minimum absolute atomic E-state index is 0. The van der Waals surface area contributed by atoms with Crippen LogP contribution in [-0.4, -0.2) is 16.9 Å². The molecule has 0 aromatic heterocycles. The molecule has 0 aliphatic heterocycles. The highest BCUT2D eigenvalue weighted by Gasteiger charge is 2.49. The fraction of sp³-hybridized carbons (Fsp3) is 0.588. The predicted molar refractivity (Wildman–Crippen MR) is 93.9 cm³/mol. The van der Waals surface area contributed by atoms with E-state index in [2.05, 4.69) is 5.32 Å². The van der Waals surface area contributed by atoms with Crippen molar-refractivity contribution in [3.8, 4) is 0 Å². The highest BCUT2D eigenvalue weighted by Crippen LogP contribution is 2.47. The summed E-state index contributed by atoms with van der Waals surface area (Å²) in [5, 5.41) is 14.1. The number of rotatable bonds is 4. The lowest BCUT2D eigenvalue weighted by atomic mass is 9.84. The first-order valence-electron chi connectivity index (χ1n) is 8.19. The van der Waals surface area contributed by atoms with E-state index in [1.807, 2.05) is 13.0 Å². The van der Waals surface area contributed by atoms with Crippen LogP contribution in [0.3, 0.4) is 0 Å². The topological polar surface area (TPSA) is 98.3 Å². The summed E-state index contributed by atoms with van der Waals surface area (Å²) in [6, 6.07) is 4.77. The maximum Gasteiger partial charge on any atom is 0.272 e. The van der Waals surface area contributed by atoms with E-state index >= 15 is 0 Å². The SMILES string of the molecule is Cc1ccc(C(C)NC(=O)C2C3CCC(C3)C2N)cc1[N+](=O)[O-].Cl. The second-order valence-electron chi connectivity index (χ2n) is 6.97. The quantitative estimate of drug-likeness (QED) is 0.642. The van der Waals surface area contributed by atoms with Crippen molar-refractivity contribution in [1.82, 2.24) is 5.32 Å². The number of amides is 1. The van der Waals surface area contributed by atoms with E-state index in [0.29, 0.717) is 17.4 Å². The van der Waals surface area contributed by atoms with Crippen molar-refractivity contribution in [1.29, 1.82) is 0 Å². The van der Waals surface area contributed by atoms with Gasteiger partial charge in [0.05, 0.1) is 16.9 Å². The second kappa shape index (κ2) is 7.07. The van der Waals surface area contributed by atoms with E-state index in [9.17, 15) is 14.9 Å². The number of nitrogens with zero attached hydrogens (tertiary/aromatic N) is 1. The van der Waals surface area contributed by atoms with E-state index in [4.69, 9.17) is 5.73 Å². The van der Waals surface area contributed by atoms with Gasteiger partial charge in [0.2, 0.25) is 5.91 Å². The number of hydrogen-bond donors (Lipinski definition) is 2. The zero-order chi connectivity index (χ0) is 16.7. The fourth-order valence-corrected chi connectivity index (χ4v) is 4.21. The lowest BCUT2D eigenvalue weighted by Gasteiger charge is -2.28. The molecule has 5 atom stereocenters. The molecular weight excluding hydrogens is 330 g/mol. The molecule has 6 nitrogen and oxygen atoms in total. The molecule has 5 unspecified atom stereocenters. The normalized spacial score (nSPS) is 29.0. The number of carbonyl (C=O) groups is 1. The summed E-state index contributed by atoms with van der Waals surface area (Å²) in [5.41, 5.74) is 7.66. The average molecular weight is 354 g/mol. The number of nitrogens with one attached hydrogen (secondary N) is 1. The lowest BCUT2D eigenvalue weighted by Crippen LogP contribution is -2.45. The number of nitro benzene ring substituents is 1. The largest absolute Gasteiger partial charge is 0.349 e. The molecule has 0 spiro atoms. The summed E-state index contributed by atoms with van der Waals surface area (Å²) in [4.78, 5) is 23.3. The van der Waals surface area contributed by atoms with E-state index in [1.165, 1.54) is 0 Å². The molecular formula is C17H24ClN3O3. The molecule has 2 aliphatic carbocycles. The molecule has 2 aliphatic rings. The van der Waals surface area contributed by atoms with Gasteiger partial charge in [0.25, 0.3) is 5.69 Å². The zero-order valence-corrected chi connectivity index (χ0v) is 14.7. The van der Waals surface area contributed by atoms with Crippen molar-refractivity contribution in [2.45, 2.75) is 45.2 Å². The molecule has 0 heterocycles. The standard InChI is InChI=1S/C17H23N3O3.ClH/c1-9-3-4-11(8-14(9)20(22)23)10(2)19-17(21)15-12-5-6-13(7-12)16(15)18;/h3-4,8,10,12-13,15-16H,5-7,18H2,1-2H3,(H,19,21);1H. The minimum Gasteiger partial charge on any atom is -0.349 e. The molecule has 1 amide bonds. The Labute approximate surface area is 147 Å². The van der Waals surface area contributed by atoms with E-state index in [-0.39, 0.29) is 46.9 Å². The first kappa shape index (κ1) is 18.7. The van der Waals surface area contributed by atoms with Crippen LogP contribution in [0.2, 0.25) is 0 Å². The van der Waals surface area contributed by atoms with Gasteiger partial charge in [-0.3, -0.25) is 14.9 Å². The Morgan fingerprint density at radius 3 is 2.62 bits per heavy atom. The van der Waals surface area contributed by atoms with Crippen molar-refractivity contribution < 1.29 is 9.72 Å². The molecule has 7 heteroatoms. The van der Waals surface area contributed by atoms with Gasteiger partial charge in [-0.15, -0.1) is 12.4 Å². The zero-order valence-electron chi connectivity index (χ0n) is 13.9. The second-order valence-corrected chi connectivity index (χ2v) is 6.97. The van der Waals surface area contributed by atoms with Gasteiger partial charge in [-0.25, -0.2) is 0 Å². The summed E-state index contributed by atoms with van der Waals surface area (Å²) in [5.74, 6) is 0.748. The number of benzene rings is 1. The first-order valence-corrected chi connectivity index (χ1v) is 8.19. The van der Waals surface area contributed by atoms with Gasteiger partial charge >= 0.3 is 0 Å². The van der Waals surface area contributed by atoms with Crippen LogP contribution < -0.4 is 11.1 Å². The van der Waals surface area contributed by atoms with Crippen molar-refractivity contribution in [3.63, 3.8) is 0 Å². The Bertz CT molecular complexity index is 650. The monoisotopic (exact) mass is 353 g/mol. The van der Waals surface area contributed by atoms with Crippen LogP contribution in [-0.2, 0) is 4.79 Å². The van der Waals surface area contributed by atoms with Crippen molar-refractivity contribution in [2.75, 3.05) is 0 Å². The van der Waals surface area contributed by atoms with Crippen LogP contribution in [0.15, 0.2) is 18.2 Å². The van der Waals surface area contributed by atoms with Crippen LogP contribution >= 0.6 is 12.4 Å². The van der Waals surface area contributed by atoms with Gasteiger partial charge in [-0.2, -0.15) is 0 Å². The molecule has 0 radical (unpaired) electrons. The maximum absolute atomic E-state index is 12.6. The van der Waals surface area contributed by atoms with Crippen LogP contribution in [0, 0.1) is 34.8 Å². The van der Waals surface area contributed by atoms with Gasteiger partial charge in [0.1, 0.15) is 0 Å². The Kier molecular flexibility index (Phi) is 5.50. The molecule has 0 saturated heterocycles. The van der Waals surface area contributed by atoms with Crippen molar-refractivity contribution in [2.24, 2.45) is 23.5 Å². The molecule has 1 aromatic rings. The molecule has 132 valence electrons. The summed E-state index contributed by atoms with van der Waals surface area (Å²) in [6.45, 7) is 3.56. The number of halogens is 1. The number of nitrogens with two attached hydrogens (primary N) is 1. The lowest BCUT2D eigenvalue weighted by molar-refractivity contribution is -0.385. The number of carbonyl (C=O) groups excluding carboxylic acids is 1. The third-order valence-electron chi connectivity index (χ3n) is 5.57. The fourth-order valence-electron chi connectivity index (χ4n) is 4.21. The van der Waals surface area contributed by atoms with Gasteiger partial charge in [0.15, 0.2) is 0 Å². The van der Waals surface area contributed by atoms with E-state index < -0.39 is 0 Å². The minimum atomic E-state index is -0.390. The first-order chi connectivity index (χ1) is 10.9. The van der Waals surface area contributed by atoms with Gasteiger partial charge in [0, 0.05) is 17.7 Å². The Morgan fingerprint density at radius 2 is 2.04 bits per heavy atom. The molecule has 2 fully saturated rings. The molecule has 2 bridgehead atoms. The van der Waals surface area contributed by atoms with E-state index in [0.717, 1.165) is 24.8 Å². The van der Waals surface area contributed by atoms with Gasteiger partial charge in [-0.05, 0) is 50.5 Å². The molecule has 3 rings (SSSR count). The Balaban J connectivity index is 0.00000208. The van der Waals surface area contributed by atoms with Crippen molar-refractivity contribution in [3.05, 3.63) is 39.4 Å². The van der Waals surface area contributed by atoms with E-state index in [1.54, 1.807) is 19.1 Å². The molecule has 1 aromatic carbocycles.